The number of rotatable bonds is 4. The summed E-state index contributed by atoms with van der Waals surface area (Å²) >= 11 is 5.75. The largest absolute Gasteiger partial charge is 0.481 e. The number of benzene rings is 1. The Morgan fingerprint density at radius 1 is 1.44 bits per heavy atom. The second kappa shape index (κ2) is 4.74. The first-order valence-corrected chi connectivity index (χ1v) is 5.75. The van der Waals surface area contributed by atoms with Crippen LogP contribution in [0.25, 0.3) is 0 Å². The van der Waals surface area contributed by atoms with Crippen molar-refractivity contribution in [2.24, 2.45) is 0 Å². The lowest BCUT2D eigenvalue weighted by Gasteiger charge is -2.14. The number of amides is 1. The molecule has 1 aliphatic carbocycles. The number of hydrogen-bond donors (Lipinski definition) is 1. The van der Waals surface area contributed by atoms with E-state index in [1.165, 1.54) is 0 Å². The maximum Gasteiger partial charge on any atom is 0.260 e. The molecule has 1 saturated carbocycles. The van der Waals surface area contributed by atoms with Crippen LogP contribution in [-0.2, 0) is 4.79 Å². The summed E-state index contributed by atoms with van der Waals surface area (Å²) in [5.74, 6) is 0.597. The van der Waals surface area contributed by atoms with Crippen molar-refractivity contribution in [2.75, 3.05) is 0 Å². The molecule has 0 spiro atoms. The van der Waals surface area contributed by atoms with Crippen molar-refractivity contribution in [1.82, 2.24) is 5.32 Å². The van der Waals surface area contributed by atoms with Gasteiger partial charge in [0.1, 0.15) is 5.75 Å². The molecular weight excluding hydrogens is 226 g/mol. The van der Waals surface area contributed by atoms with Crippen molar-refractivity contribution in [2.45, 2.75) is 31.9 Å². The Kier molecular flexibility index (Phi) is 3.34. The Hall–Kier alpha value is -1.22. The van der Waals surface area contributed by atoms with E-state index in [2.05, 4.69) is 5.32 Å². The topological polar surface area (TPSA) is 38.3 Å². The normalized spacial score (nSPS) is 16.6. The average molecular weight is 240 g/mol. The molecule has 1 N–H and O–H groups in total. The molecule has 4 heteroatoms. The van der Waals surface area contributed by atoms with Gasteiger partial charge in [-0.25, -0.2) is 0 Å². The molecule has 0 aromatic heterocycles. The summed E-state index contributed by atoms with van der Waals surface area (Å²) in [7, 11) is 0. The van der Waals surface area contributed by atoms with Crippen LogP contribution >= 0.6 is 11.6 Å². The van der Waals surface area contributed by atoms with Gasteiger partial charge in [0.15, 0.2) is 6.10 Å². The predicted molar refractivity (Wildman–Crippen MR) is 62.7 cm³/mol. The molecule has 0 saturated heterocycles. The summed E-state index contributed by atoms with van der Waals surface area (Å²) in [4.78, 5) is 11.6. The number of halogens is 1. The van der Waals surface area contributed by atoms with Gasteiger partial charge in [-0.05, 0) is 44.0 Å². The fraction of sp³-hybridized carbons (Fsp3) is 0.417. The zero-order valence-corrected chi connectivity index (χ0v) is 9.83. The zero-order chi connectivity index (χ0) is 11.5. The average Bonchev–Trinajstić information content (AvgIpc) is 3.05. The molecule has 16 heavy (non-hydrogen) atoms. The molecular formula is C12H14ClNO2. The van der Waals surface area contributed by atoms with Gasteiger partial charge in [0.2, 0.25) is 0 Å². The summed E-state index contributed by atoms with van der Waals surface area (Å²) < 4.78 is 5.49. The fourth-order valence-electron chi connectivity index (χ4n) is 1.32. The third-order valence-corrected chi connectivity index (χ3v) is 2.67. The van der Waals surface area contributed by atoms with E-state index in [-0.39, 0.29) is 5.91 Å². The smallest absolute Gasteiger partial charge is 0.260 e. The molecule has 0 heterocycles. The Bertz CT molecular complexity index is 373. The Balaban J connectivity index is 1.87. The van der Waals surface area contributed by atoms with Crippen molar-refractivity contribution in [1.29, 1.82) is 0 Å². The molecule has 1 aliphatic rings. The van der Waals surface area contributed by atoms with Crippen LogP contribution in [0.3, 0.4) is 0 Å². The van der Waals surface area contributed by atoms with Crippen LogP contribution in [0, 0.1) is 0 Å². The second-order valence-corrected chi connectivity index (χ2v) is 4.43. The third-order valence-electron chi connectivity index (χ3n) is 2.42. The van der Waals surface area contributed by atoms with E-state index >= 15 is 0 Å². The van der Waals surface area contributed by atoms with Crippen LogP contribution in [0.4, 0.5) is 0 Å². The van der Waals surface area contributed by atoms with Crippen LogP contribution in [0.2, 0.25) is 5.02 Å². The number of nitrogens with one attached hydrogen (secondary N) is 1. The first-order valence-electron chi connectivity index (χ1n) is 5.38. The number of carbonyl (C=O) groups excluding carboxylic acids is 1. The molecule has 86 valence electrons. The van der Waals surface area contributed by atoms with Crippen LogP contribution in [0.5, 0.6) is 5.75 Å². The van der Waals surface area contributed by atoms with E-state index in [9.17, 15) is 4.79 Å². The van der Waals surface area contributed by atoms with E-state index in [1.54, 1.807) is 31.2 Å². The molecule has 0 radical (unpaired) electrons. The van der Waals surface area contributed by atoms with Gasteiger partial charge in [-0.2, -0.15) is 0 Å². The first kappa shape index (κ1) is 11.3. The molecule has 1 amide bonds. The van der Waals surface area contributed by atoms with Crippen molar-refractivity contribution < 1.29 is 9.53 Å². The van der Waals surface area contributed by atoms with Crippen LogP contribution < -0.4 is 10.1 Å². The minimum Gasteiger partial charge on any atom is -0.481 e. The van der Waals surface area contributed by atoms with Crippen LogP contribution in [-0.4, -0.2) is 18.1 Å². The number of carbonyl (C=O) groups is 1. The highest BCUT2D eigenvalue weighted by molar-refractivity contribution is 6.30. The molecule has 0 bridgehead atoms. The van der Waals surface area contributed by atoms with Crippen LogP contribution in [0.1, 0.15) is 19.8 Å². The molecule has 1 atom stereocenters. The molecule has 1 aromatic rings. The van der Waals surface area contributed by atoms with Gasteiger partial charge in [0.25, 0.3) is 5.91 Å². The quantitative estimate of drug-likeness (QED) is 0.876. The molecule has 1 fully saturated rings. The van der Waals surface area contributed by atoms with E-state index in [0.29, 0.717) is 16.8 Å². The fourth-order valence-corrected chi connectivity index (χ4v) is 1.44. The van der Waals surface area contributed by atoms with Crippen molar-refractivity contribution in [3.8, 4) is 5.75 Å². The maximum atomic E-state index is 11.6. The van der Waals surface area contributed by atoms with E-state index in [4.69, 9.17) is 16.3 Å². The summed E-state index contributed by atoms with van der Waals surface area (Å²) in [5.41, 5.74) is 0. The molecule has 3 nitrogen and oxygen atoms in total. The first-order chi connectivity index (χ1) is 7.65. The van der Waals surface area contributed by atoms with Gasteiger partial charge in [-0.1, -0.05) is 11.6 Å². The predicted octanol–water partition coefficient (Wildman–Crippen LogP) is 2.39. The highest BCUT2D eigenvalue weighted by Crippen LogP contribution is 2.20. The maximum absolute atomic E-state index is 11.6. The molecule has 2 rings (SSSR count). The lowest BCUT2D eigenvalue weighted by atomic mass is 10.3. The summed E-state index contributed by atoms with van der Waals surface area (Å²) in [6.45, 7) is 1.74. The summed E-state index contributed by atoms with van der Waals surface area (Å²) in [6.07, 6.45) is 1.69. The van der Waals surface area contributed by atoms with Gasteiger partial charge in [-0.15, -0.1) is 0 Å². The monoisotopic (exact) mass is 239 g/mol. The second-order valence-electron chi connectivity index (χ2n) is 4.00. The lowest BCUT2D eigenvalue weighted by molar-refractivity contribution is -0.127. The zero-order valence-electron chi connectivity index (χ0n) is 9.07. The van der Waals surface area contributed by atoms with Gasteiger partial charge in [-0.3, -0.25) is 4.79 Å². The van der Waals surface area contributed by atoms with Crippen molar-refractivity contribution >= 4 is 17.5 Å². The lowest BCUT2D eigenvalue weighted by Crippen LogP contribution is -2.37. The highest BCUT2D eigenvalue weighted by Gasteiger charge is 2.26. The van der Waals surface area contributed by atoms with E-state index in [0.717, 1.165) is 12.8 Å². The van der Waals surface area contributed by atoms with Gasteiger partial charge in [0.05, 0.1) is 0 Å². The third kappa shape index (κ3) is 3.14. The summed E-state index contributed by atoms with van der Waals surface area (Å²) in [6, 6.07) is 7.35. The Morgan fingerprint density at radius 2 is 2.06 bits per heavy atom. The van der Waals surface area contributed by atoms with Gasteiger partial charge in [0, 0.05) is 11.1 Å². The van der Waals surface area contributed by atoms with Crippen molar-refractivity contribution in [3.63, 3.8) is 0 Å². The minimum atomic E-state index is -0.471. The molecule has 0 aliphatic heterocycles. The summed E-state index contributed by atoms with van der Waals surface area (Å²) in [5, 5.41) is 3.55. The standard InChI is InChI=1S/C12H14ClNO2/c1-8(12(15)14-10-4-5-10)16-11-6-2-9(13)3-7-11/h2-3,6-8,10H,4-5H2,1H3,(H,14,15)/t8-/m0/s1. The molecule has 0 unspecified atom stereocenters. The molecule has 1 aromatic carbocycles. The highest BCUT2D eigenvalue weighted by atomic mass is 35.5. The van der Waals surface area contributed by atoms with E-state index < -0.39 is 6.10 Å². The SMILES string of the molecule is C[C@H](Oc1ccc(Cl)cc1)C(=O)NC1CC1. The Labute approximate surface area is 99.7 Å². The van der Waals surface area contributed by atoms with Gasteiger partial charge >= 0.3 is 0 Å². The Morgan fingerprint density at radius 3 is 2.62 bits per heavy atom. The van der Waals surface area contributed by atoms with Crippen molar-refractivity contribution in [3.05, 3.63) is 29.3 Å². The minimum absolute atomic E-state index is 0.0579. The van der Waals surface area contributed by atoms with E-state index in [1.807, 2.05) is 0 Å². The van der Waals surface area contributed by atoms with Crippen LogP contribution in [0.15, 0.2) is 24.3 Å². The van der Waals surface area contributed by atoms with Gasteiger partial charge < -0.3 is 10.1 Å². The number of ether oxygens (including phenoxy) is 1. The number of hydrogen-bond acceptors (Lipinski definition) is 2.